The standard InChI is InChI=1S/C33H32N4O3/c1-37(2)15-16-39-17-18-40-28-12-7-23(8-13-28)33-35-29-14-9-25(20-32(29)36-33)24-3-4-26-21-30(34-31(26)19-24)22-5-10-27(38)11-6-22/h3-14,19-20,38H,15-18,21H2,1-2H3,(H,35,36). The van der Waals surface area contributed by atoms with Gasteiger partial charge in [-0.1, -0.05) is 18.2 Å². The van der Waals surface area contributed by atoms with E-state index in [1.54, 1.807) is 12.1 Å². The number of phenolic OH excluding ortho intramolecular Hbond substituents is 1. The van der Waals surface area contributed by atoms with Crippen LogP contribution in [0.2, 0.25) is 0 Å². The number of likely N-dealkylation sites (N-methyl/N-ethyl adjacent to an activating group) is 1. The van der Waals surface area contributed by atoms with Crippen molar-refractivity contribution < 1.29 is 14.6 Å². The zero-order chi connectivity index (χ0) is 27.5. The highest BCUT2D eigenvalue weighted by Crippen LogP contribution is 2.34. The van der Waals surface area contributed by atoms with Crippen molar-refractivity contribution in [2.24, 2.45) is 4.99 Å². The molecule has 4 aromatic carbocycles. The van der Waals surface area contributed by atoms with Gasteiger partial charge >= 0.3 is 0 Å². The molecular formula is C33H32N4O3. The number of hydrogen-bond donors (Lipinski definition) is 2. The van der Waals surface area contributed by atoms with Gasteiger partial charge in [0, 0.05) is 18.5 Å². The summed E-state index contributed by atoms with van der Waals surface area (Å²) in [6, 6.07) is 27.9. The monoisotopic (exact) mass is 532 g/mol. The van der Waals surface area contributed by atoms with Crippen LogP contribution in [0, 0.1) is 0 Å². The highest BCUT2D eigenvalue weighted by Gasteiger charge is 2.17. The van der Waals surface area contributed by atoms with E-state index in [1.807, 2.05) is 50.5 Å². The highest BCUT2D eigenvalue weighted by atomic mass is 16.5. The van der Waals surface area contributed by atoms with Crippen molar-refractivity contribution in [2.75, 3.05) is 40.5 Å². The quantitative estimate of drug-likeness (QED) is 0.208. The van der Waals surface area contributed by atoms with Gasteiger partial charge in [-0.3, -0.25) is 4.99 Å². The number of aromatic amines is 1. The molecule has 0 amide bonds. The largest absolute Gasteiger partial charge is 0.508 e. The van der Waals surface area contributed by atoms with Gasteiger partial charge < -0.3 is 24.5 Å². The maximum Gasteiger partial charge on any atom is 0.138 e. The molecule has 0 radical (unpaired) electrons. The van der Waals surface area contributed by atoms with Crippen LogP contribution in [0.5, 0.6) is 11.5 Å². The number of nitrogens with one attached hydrogen (secondary N) is 1. The third kappa shape index (κ3) is 5.76. The van der Waals surface area contributed by atoms with E-state index in [0.717, 1.165) is 69.2 Å². The molecule has 0 spiro atoms. The Bertz CT molecular complexity index is 1650. The predicted molar refractivity (Wildman–Crippen MR) is 160 cm³/mol. The van der Waals surface area contributed by atoms with E-state index in [-0.39, 0.29) is 5.75 Å². The van der Waals surface area contributed by atoms with Gasteiger partial charge in [-0.2, -0.15) is 0 Å². The van der Waals surface area contributed by atoms with Gasteiger partial charge in [0.1, 0.15) is 23.9 Å². The van der Waals surface area contributed by atoms with E-state index in [9.17, 15) is 5.11 Å². The first-order chi connectivity index (χ1) is 19.5. The summed E-state index contributed by atoms with van der Waals surface area (Å²) in [7, 11) is 4.06. The molecule has 7 nitrogen and oxygen atoms in total. The fourth-order valence-corrected chi connectivity index (χ4v) is 4.79. The SMILES string of the molecule is CN(C)CCOCCOc1ccc(-c2nc3ccc(-c4ccc5c(c4)N=C(c4ccc(O)cc4)C5)cc3[nH]2)cc1. The van der Waals surface area contributed by atoms with Crippen LogP contribution in [0.4, 0.5) is 5.69 Å². The second kappa shape index (κ2) is 11.3. The minimum absolute atomic E-state index is 0.262. The first kappa shape index (κ1) is 25.8. The van der Waals surface area contributed by atoms with Gasteiger partial charge in [-0.05, 0) is 103 Å². The molecule has 0 saturated heterocycles. The number of aromatic nitrogens is 2. The molecule has 6 rings (SSSR count). The van der Waals surface area contributed by atoms with Crippen molar-refractivity contribution in [2.45, 2.75) is 6.42 Å². The van der Waals surface area contributed by atoms with Gasteiger partial charge in [0.15, 0.2) is 0 Å². The van der Waals surface area contributed by atoms with Crippen LogP contribution in [-0.4, -0.2) is 66.1 Å². The summed E-state index contributed by atoms with van der Waals surface area (Å²) in [6.07, 6.45) is 0.789. The summed E-state index contributed by atoms with van der Waals surface area (Å²) in [4.78, 5) is 15.3. The van der Waals surface area contributed by atoms with E-state index < -0.39 is 0 Å². The number of phenols is 1. The van der Waals surface area contributed by atoms with Crippen LogP contribution in [-0.2, 0) is 11.2 Å². The molecule has 2 N–H and O–H groups in total. The van der Waals surface area contributed by atoms with Gasteiger partial charge in [-0.15, -0.1) is 0 Å². The molecule has 5 aromatic rings. The van der Waals surface area contributed by atoms with E-state index in [0.29, 0.717) is 19.8 Å². The molecule has 0 unspecified atom stereocenters. The molecule has 2 heterocycles. The molecule has 0 atom stereocenters. The summed E-state index contributed by atoms with van der Waals surface area (Å²) >= 11 is 0. The summed E-state index contributed by atoms with van der Waals surface area (Å²) < 4.78 is 11.4. The van der Waals surface area contributed by atoms with Gasteiger partial charge in [0.25, 0.3) is 0 Å². The average Bonchev–Trinajstić information content (AvgIpc) is 3.59. The van der Waals surface area contributed by atoms with Crippen LogP contribution < -0.4 is 4.74 Å². The Morgan fingerprint density at radius 1 is 0.800 bits per heavy atom. The second-order valence-corrected chi connectivity index (χ2v) is 10.2. The Morgan fingerprint density at radius 2 is 1.52 bits per heavy atom. The molecule has 1 aliphatic rings. The lowest BCUT2D eigenvalue weighted by Crippen LogP contribution is -2.19. The van der Waals surface area contributed by atoms with Crippen molar-refractivity contribution >= 4 is 22.4 Å². The topological polar surface area (TPSA) is 83.0 Å². The number of hydrogen-bond acceptors (Lipinski definition) is 6. The molecule has 1 aromatic heterocycles. The van der Waals surface area contributed by atoms with Gasteiger partial charge in [0.05, 0.1) is 35.6 Å². The van der Waals surface area contributed by atoms with Crippen molar-refractivity contribution in [3.63, 3.8) is 0 Å². The van der Waals surface area contributed by atoms with Gasteiger partial charge in [-0.25, -0.2) is 4.98 Å². The molecule has 0 aliphatic carbocycles. The second-order valence-electron chi connectivity index (χ2n) is 10.2. The molecule has 0 saturated carbocycles. The van der Waals surface area contributed by atoms with E-state index in [1.165, 1.54) is 5.56 Å². The molecule has 0 bridgehead atoms. The summed E-state index contributed by atoms with van der Waals surface area (Å²) in [5, 5.41) is 9.59. The Kier molecular flexibility index (Phi) is 7.31. The van der Waals surface area contributed by atoms with E-state index in [4.69, 9.17) is 19.5 Å². The number of ether oxygens (including phenoxy) is 2. The van der Waals surface area contributed by atoms with Crippen LogP contribution in [0.3, 0.4) is 0 Å². The fourth-order valence-electron chi connectivity index (χ4n) is 4.79. The lowest BCUT2D eigenvalue weighted by molar-refractivity contribution is 0.0890. The van der Waals surface area contributed by atoms with Crippen LogP contribution in [0.1, 0.15) is 11.1 Å². The van der Waals surface area contributed by atoms with Crippen LogP contribution in [0.15, 0.2) is 89.9 Å². The maximum atomic E-state index is 9.59. The molecule has 0 fully saturated rings. The lowest BCUT2D eigenvalue weighted by Gasteiger charge is -2.10. The Labute approximate surface area is 233 Å². The van der Waals surface area contributed by atoms with Crippen molar-refractivity contribution in [1.82, 2.24) is 14.9 Å². The average molecular weight is 533 g/mol. The highest BCUT2D eigenvalue weighted by molar-refractivity contribution is 6.06. The Balaban J connectivity index is 1.14. The third-order valence-electron chi connectivity index (χ3n) is 7.02. The number of rotatable bonds is 10. The lowest BCUT2D eigenvalue weighted by atomic mass is 10.00. The number of benzene rings is 4. The van der Waals surface area contributed by atoms with Crippen molar-refractivity contribution in [1.29, 1.82) is 0 Å². The van der Waals surface area contributed by atoms with Gasteiger partial charge in [0.2, 0.25) is 0 Å². The first-order valence-corrected chi connectivity index (χ1v) is 13.5. The predicted octanol–water partition coefficient (Wildman–Crippen LogP) is 6.24. The Hall–Kier alpha value is -4.46. The number of fused-ring (bicyclic) bond motifs is 2. The van der Waals surface area contributed by atoms with Crippen molar-refractivity contribution in [3.8, 4) is 34.0 Å². The number of nitrogens with zero attached hydrogens (tertiary/aromatic N) is 3. The minimum Gasteiger partial charge on any atom is -0.508 e. The first-order valence-electron chi connectivity index (χ1n) is 13.5. The normalized spacial score (nSPS) is 12.6. The zero-order valence-corrected chi connectivity index (χ0v) is 22.7. The zero-order valence-electron chi connectivity index (χ0n) is 22.7. The number of H-pyrrole nitrogens is 1. The maximum absolute atomic E-state index is 9.59. The van der Waals surface area contributed by atoms with E-state index >= 15 is 0 Å². The molecule has 7 heteroatoms. The Morgan fingerprint density at radius 3 is 2.33 bits per heavy atom. The summed E-state index contributed by atoms with van der Waals surface area (Å²) in [5.41, 5.74) is 9.38. The van der Waals surface area contributed by atoms with Crippen LogP contribution in [0.25, 0.3) is 33.5 Å². The smallest absolute Gasteiger partial charge is 0.138 e. The van der Waals surface area contributed by atoms with E-state index in [2.05, 4.69) is 46.3 Å². The number of imidazole rings is 1. The van der Waals surface area contributed by atoms with Crippen LogP contribution >= 0.6 is 0 Å². The molecule has 202 valence electrons. The fraction of sp³-hybridized carbons (Fsp3) is 0.212. The molecule has 40 heavy (non-hydrogen) atoms. The number of aliphatic imine (C=N–C) groups is 1. The molecular weight excluding hydrogens is 500 g/mol. The third-order valence-corrected chi connectivity index (χ3v) is 7.02. The minimum atomic E-state index is 0.262. The van der Waals surface area contributed by atoms with Crippen molar-refractivity contribution in [3.05, 3.63) is 96.1 Å². The molecule has 1 aliphatic heterocycles. The summed E-state index contributed by atoms with van der Waals surface area (Å²) in [6.45, 7) is 2.69. The number of aromatic hydroxyl groups is 1. The summed E-state index contributed by atoms with van der Waals surface area (Å²) in [5.74, 6) is 1.90.